The average molecular weight is 272 g/mol. The quantitative estimate of drug-likeness (QED) is 0.887. The molecule has 1 saturated heterocycles. The van der Waals surface area contributed by atoms with Crippen molar-refractivity contribution < 1.29 is 0 Å². The molecule has 2 heteroatoms. The zero-order valence-corrected chi connectivity index (χ0v) is 13.2. The fraction of sp³-hybridized carbons (Fsp3) is 0.667. The summed E-state index contributed by atoms with van der Waals surface area (Å²) in [5.74, 6) is 0. The molecule has 2 nitrogen and oxygen atoms in total. The predicted octanol–water partition coefficient (Wildman–Crippen LogP) is 3.41. The van der Waals surface area contributed by atoms with Crippen molar-refractivity contribution in [2.24, 2.45) is 0 Å². The number of hydrogen-bond donors (Lipinski definition) is 1. The Morgan fingerprint density at radius 2 is 1.85 bits per heavy atom. The monoisotopic (exact) mass is 272 g/mol. The molecule has 1 N–H and O–H groups in total. The van der Waals surface area contributed by atoms with E-state index in [1.165, 1.54) is 48.9 Å². The Morgan fingerprint density at radius 1 is 1.20 bits per heavy atom. The minimum Gasteiger partial charge on any atom is -0.308 e. The minimum absolute atomic E-state index is 0.420. The summed E-state index contributed by atoms with van der Waals surface area (Å²) in [4.78, 5) is 2.71. The van der Waals surface area contributed by atoms with E-state index >= 15 is 0 Å². The molecule has 20 heavy (non-hydrogen) atoms. The third-order valence-corrected chi connectivity index (χ3v) is 5.47. The van der Waals surface area contributed by atoms with Gasteiger partial charge in [0.2, 0.25) is 0 Å². The van der Waals surface area contributed by atoms with Crippen molar-refractivity contribution in [3.8, 4) is 0 Å². The van der Waals surface area contributed by atoms with E-state index in [2.05, 4.69) is 49.2 Å². The molecule has 0 radical (unpaired) electrons. The van der Waals surface area contributed by atoms with E-state index in [1.807, 2.05) is 0 Å². The van der Waals surface area contributed by atoms with Gasteiger partial charge in [0.25, 0.3) is 0 Å². The van der Waals surface area contributed by atoms with Gasteiger partial charge in [-0.05, 0) is 50.3 Å². The predicted molar refractivity (Wildman–Crippen MR) is 85.0 cm³/mol. The van der Waals surface area contributed by atoms with Gasteiger partial charge in [-0.15, -0.1) is 0 Å². The molecule has 1 aliphatic carbocycles. The first-order chi connectivity index (χ1) is 9.60. The molecule has 110 valence electrons. The van der Waals surface area contributed by atoms with Gasteiger partial charge in [-0.1, -0.05) is 31.0 Å². The van der Waals surface area contributed by atoms with Crippen molar-refractivity contribution in [3.05, 3.63) is 34.9 Å². The molecular weight excluding hydrogens is 244 g/mol. The molecule has 1 atom stereocenters. The van der Waals surface area contributed by atoms with Gasteiger partial charge in [0, 0.05) is 31.2 Å². The number of piperazine rings is 1. The van der Waals surface area contributed by atoms with Crippen LogP contribution in [0, 0.1) is 13.8 Å². The highest BCUT2D eigenvalue weighted by Gasteiger charge is 2.39. The largest absolute Gasteiger partial charge is 0.308 e. The molecule has 1 aliphatic heterocycles. The van der Waals surface area contributed by atoms with Gasteiger partial charge in [-0.2, -0.15) is 0 Å². The van der Waals surface area contributed by atoms with E-state index in [0.29, 0.717) is 11.6 Å². The van der Waals surface area contributed by atoms with Crippen molar-refractivity contribution in [3.63, 3.8) is 0 Å². The third-order valence-electron chi connectivity index (χ3n) is 5.47. The maximum Gasteiger partial charge on any atom is 0.0309 e. The number of nitrogens with zero attached hydrogens (tertiary/aromatic N) is 1. The van der Waals surface area contributed by atoms with Crippen LogP contribution in [0.3, 0.4) is 0 Å². The molecule has 1 aromatic carbocycles. The van der Waals surface area contributed by atoms with Crippen molar-refractivity contribution in [1.82, 2.24) is 10.2 Å². The molecule has 0 bridgehead atoms. The summed E-state index contributed by atoms with van der Waals surface area (Å²) in [6.07, 6.45) is 5.53. The van der Waals surface area contributed by atoms with Gasteiger partial charge in [0.1, 0.15) is 0 Å². The lowest BCUT2D eigenvalue weighted by molar-refractivity contribution is 0.0823. The summed E-state index contributed by atoms with van der Waals surface area (Å²) in [5, 5.41) is 3.85. The lowest BCUT2D eigenvalue weighted by atomic mass is 9.91. The van der Waals surface area contributed by atoms with Crippen molar-refractivity contribution in [2.75, 3.05) is 13.1 Å². The standard InChI is InChI=1S/C18H28N2/c1-14-7-6-8-15(2)17(14)12-20-13-18(9-4-5-10-18)19-11-16(20)3/h6-8,16,19H,4-5,9-13H2,1-3H3. The van der Waals surface area contributed by atoms with Crippen LogP contribution >= 0.6 is 0 Å². The summed E-state index contributed by atoms with van der Waals surface area (Å²) in [6.45, 7) is 10.3. The number of nitrogens with one attached hydrogen (secondary N) is 1. The summed E-state index contributed by atoms with van der Waals surface area (Å²) in [6, 6.07) is 7.31. The van der Waals surface area contributed by atoms with E-state index in [0.717, 1.165) is 13.1 Å². The topological polar surface area (TPSA) is 15.3 Å². The Labute approximate surface area is 123 Å². The maximum absolute atomic E-state index is 3.85. The molecule has 2 aliphatic rings. The first-order valence-electron chi connectivity index (χ1n) is 8.14. The average Bonchev–Trinajstić information content (AvgIpc) is 2.87. The first-order valence-corrected chi connectivity index (χ1v) is 8.14. The van der Waals surface area contributed by atoms with Crippen LogP contribution in [0.5, 0.6) is 0 Å². The van der Waals surface area contributed by atoms with Gasteiger partial charge in [-0.25, -0.2) is 0 Å². The molecule has 0 aromatic heterocycles. The smallest absolute Gasteiger partial charge is 0.0309 e. The Kier molecular flexibility index (Phi) is 3.87. The molecular formula is C18H28N2. The van der Waals surface area contributed by atoms with Crippen LogP contribution < -0.4 is 5.32 Å². The highest BCUT2D eigenvalue weighted by Crippen LogP contribution is 2.34. The molecule has 1 aromatic rings. The zero-order valence-electron chi connectivity index (χ0n) is 13.2. The van der Waals surface area contributed by atoms with Crippen LogP contribution in [0.25, 0.3) is 0 Å². The second-order valence-electron chi connectivity index (χ2n) is 6.99. The lowest BCUT2D eigenvalue weighted by Gasteiger charge is -2.45. The molecule has 1 saturated carbocycles. The van der Waals surface area contributed by atoms with Crippen molar-refractivity contribution >= 4 is 0 Å². The highest BCUT2D eigenvalue weighted by molar-refractivity contribution is 5.33. The Bertz CT molecular complexity index is 454. The fourth-order valence-corrected chi connectivity index (χ4v) is 3.99. The highest BCUT2D eigenvalue weighted by atomic mass is 15.2. The molecule has 1 unspecified atom stereocenters. The second-order valence-corrected chi connectivity index (χ2v) is 6.99. The summed E-state index contributed by atoms with van der Waals surface area (Å²) < 4.78 is 0. The maximum atomic E-state index is 3.85. The van der Waals surface area contributed by atoms with E-state index in [-0.39, 0.29) is 0 Å². The second kappa shape index (κ2) is 5.50. The van der Waals surface area contributed by atoms with E-state index < -0.39 is 0 Å². The van der Waals surface area contributed by atoms with Gasteiger partial charge < -0.3 is 5.32 Å². The molecule has 0 amide bonds. The van der Waals surface area contributed by atoms with Gasteiger partial charge in [0.05, 0.1) is 0 Å². The van der Waals surface area contributed by atoms with Crippen LogP contribution in [0.4, 0.5) is 0 Å². The van der Waals surface area contributed by atoms with Crippen molar-refractivity contribution in [1.29, 1.82) is 0 Å². The van der Waals surface area contributed by atoms with Crippen LogP contribution in [0.15, 0.2) is 18.2 Å². The first kappa shape index (κ1) is 14.1. The Hall–Kier alpha value is -0.860. The zero-order chi connectivity index (χ0) is 14.2. The molecule has 1 spiro atoms. The van der Waals surface area contributed by atoms with Crippen LogP contribution in [-0.4, -0.2) is 29.6 Å². The van der Waals surface area contributed by atoms with Crippen molar-refractivity contribution in [2.45, 2.75) is 64.6 Å². The minimum atomic E-state index is 0.420. The Morgan fingerprint density at radius 3 is 2.50 bits per heavy atom. The van der Waals surface area contributed by atoms with Gasteiger partial charge in [-0.3, -0.25) is 4.90 Å². The molecule has 1 heterocycles. The summed E-state index contributed by atoms with van der Waals surface area (Å²) >= 11 is 0. The van der Waals surface area contributed by atoms with E-state index in [4.69, 9.17) is 0 Å². The van der Waals surface area contributed by atoms with Crippen LogP contribution in [0.1, 0.15) is 49.3 Å². The lowest BCUT2D eigenvalue weighted by Crippen LogP contribution is -2.62. The number of rotatable bonds is 2. The number of aryl methyl sites for hydroxylation is 2. The normalized spacial score (nSPS) is 26.2. The number of benzene rings is 1. The number of hydrogen-bond acceptors (Lipinski definition) is 2. The van der Waals surface area contributed by atoms with Gasteiger partial charge >= 0.3 is 0 Å². The molecule has 3 rings (SSSR count). The molecule has 2 fully saturated rings. The SMILES string of the molecule is Cc1cccc(C)c1CN1CC2(CCCC2)NCC1C. The van der Waals surface area contributed by atoms with E-state index in [1.54, 1.807) is 0 Å². The third kappa shape index (κ3) is 2.64. The van der Waals surface area contributed by atoms with E-state index in [9.17, 15) is 0 Å². The fourth-order valence-electron chi connectivity index (χ4n) is 3.99. The van der Waals surface area contributed by atoms with Crippen LogP contribution in [0.2, 0.25) is 0 Å². The van der Waals surface area contributed by atoms with Gasteiger partial charge in [0.15, 0.2) is 0 Å². The summed E-state index contributed by atoms with van der Waals surface area (Å²) in [5.41, 5.74) is 4.84. The summed E-state index contributed by atoms with van der Waals surface area (Å²) in [7, 11) is 0. The Balaban J connectivity index is 1.78. The van der Waals surface area contributed by atoms with Crippen LogP contribution in [-0.2, 0) is 6.54 Å².